The van der Waals surface area contributed by atoms with Crippen LogP contribution in [0.2, 0.25) is 0 Å². The van der Waals surface area contributed by atoms with Gasteiger partial charge in [0.05, 0.1) is 4.71 Å². The normalized spacial score (nSPS) is 49.7. The molecule has 52 valence electrons. The van der Waals surface area contributed by atoms with Crippen LogP contribution >= 0.6 is 23.4 Å². The molecule has 9 heavy (non-hydrogen) atoms. The third-order valence-corrected chi connectivity index (χ3v) is 3.93. The predicted octanol–water partition coefficient (Wildman–Crippen LogP) is 2.71. The number of hydrogen-bond acceptors (Lipinski definition) is 1. The summed E-state index contributed by atoms with van der Waals surface area (Å²) in [7, 11) is 0. The highest BCUT2D eigenvalue weighted by molar-refractivity contribution is 8.01. The first-order valence-corrected chi connectivity index (χ1v) is 5.10. The molecule has 0 aromatic carbocycles. The maximum atomic E-state index is 6.01. The van der Waals surface area contributed by atoms with Crippen molar-refractivity contribution >= 4 is 23.4 Å². The highest BCUT2D eigenvalue weighted by Gasteiger charge is 2.39. The smallest absolute Gasteiger partial charge is 0.0791 e. The Morgan fingerprint density at radius 3 is 3.00 bits per heavy atom. The van der Waals surface area contributed by atoms with Gasteiger partial charge in [-0.3, -0.25) is 0 Å². The molecule has 0 radical (unpaired) electrons. The first-order chi connectivity index (χ1) is 4.36. The molecule has 1 aliphatic heterocycles. The van der Waals surface area contributed by atoms with E-state index in [2.05, 4.69) is 0 Å². The van der Waals surface area contributed by atoms with Crippen LogP contribution in [-0.4, -0.2) is 10.5 Å². The van der Waals surface area contributed by atoms with E-state index in [1.807, 2.05) is 11.8 Å². The van der Waals surface area contributed by atoms with Gasteiger partial charge in [-0.05, 0) is 36.9 Å². The van der Waals surface area contributed by atoms with E-state index in [0.29, 0.717) is 4.71 Å². The van der Waals surface area contributed by atoms with Crippen molar-refractivity contribution in [2.45, 2.75) is 24.0 Å². The fourth-order valence-electron chi connectivity index (χ4n) is 1.61. The number of rotatable bonds is 0. The van der Waals surface area contributed by atoms with Gasteiger partial charge in [-0.15, -0.1) is 23.4 Å². The molecular weight excluding hydrogens is 152 g/mol. The summed E-state index contributed by atoms with van der Waals surface area (Å²) in [5, 5.41) is 0. The average molecular weight is 163 g/mol. The lowest BCUT2D eigenvalue weighted by molar-refractivity contribution is 0.675. The molecule has 0 aromatic heterocycles. The van der Waals surface area contributed by atoms with Gasteiger partial charge in [0.25, 0.3) is 0 Å². The van der Waals surface area contributed by atoms with Crippen molar-refractivity contribution in [2.24, 2.45) is 11.8 Å². The van der Waals surface area contributed by atoms with Crippen LogP contribution in [0.1, 0.15) is 19.3 Å². The molecule has 2 rings (SSSR count). The Kier molecular flexibility index (Phi) is 1.66. The second-order valence-electron chi connectivity index (χ2n) is 3.06. The van der Waals surface area contributed by atoms with E-state index in [4.69, 9.17) is 11.6 Å². The van der Waals surface area contributed by atoms with Crippen molar-refractivity contribution in [3.8, 4) is 0 Å². The van der Waals surface area contributed by atoms with Gasteiger partial charge in [0.2, 0.25) is 0 Å². The molecule has 3 unspecified atom stereocenters. The van der Waals surface area contributed by atoms with Crippen LogP contribution in [0.15, 0.2) is 0 Å². The molecule has 2 fully saturated rings. The van der Waals surface area contributed by atoms with Crippen molar-refractivity contribution in [1.82, 2.24) is 0 Å². The Morgan fingerprint density at radius 1 is 1.22 bits per heavy atom. The summed E-state index contributed by atoms with van der Waals surface area (Å²) in [4.78, 5) is 0. The van der Waals surface area contributed by atoms with Gasteiger partial charge in [0.1, 0.15) is 0 Å². The van der Waals surface area contributed by atoms with Crippen LogP contribution in [0.5, 0.6) is 0 Å². The molecule has 1 saturated carbocycles. The average Bonchev–Trinajstić information content (AvgIpc) is 2.43. The van der Waals surface area contributed by atoms with Crippen LogP contribution in [0.25, 0.3) is 0 Å². The zero-order valence-electron chi connectivity index (χ0n) is 5.35. The summed E-state index contributed by atoms with van der Waals surface area (Å²) < 4.78 is 0.433. The number of alkyl halides is 1. The minimum Gasteiger partial charge on any atom is -0.142 e. The van der Waals surface area contributed by atoms with Gasteiger partial charge in [-0.1, -0.05) is 0 Å². The SMILES string of the molecule is ClC1CC2CC2CCS1. The molecule has 2 aliphatic rings. The lowest BCUT2D eigenvalue weighted by Gasteiger charge is -2.02. The van der Waals surface area contributed by atoms with Gasteiger partial charge >= 0.3 is 0 Å². The number of thioether (sulfide) groups is 1. The van der Waals surface area contributed by atoms with E-state index < -0.39 is 0 Å². The van der Waals surface area contributed by atoms with Crippen LogP contribution < -0.4 is 0 Å². The van der Waals surface area contributed by atoms with Gasteiger partial charge < -0.3 is 0 Å². The van der Waals surface area contributed by atoms with Crippen LogP contribution in [0, 0.1) is 11.8 Å². The van der Waals surface area contributed by atoms with E-state index in [0.717, 1.165) is 11.8 Å². The van der Waals surface area contributed by atoms with E-state index in [1.54, 1.807) is 0 Å². The Bertz CT molecular complexity index is 115. The molecule has 0 N–H and O–H groups in total. The van der Waals surface area contributed by atoms with Crippen molar-refractivity contribution < 1.29 is 0 Å². The van der Waals surface area contributed by atoms with E-state index in [9.17, 15) is 0 Å². The van der Waals surface area contributed by atoms with Gasteiger partial charge in [0.15, 0.2) is 0 Å². The minimum absolute atomic E-state index is 0.433. The van der Waals surface area contributed by atoms with Crippen molar-refractivity contribution in [3.05, 3.63) is 0 Å². The van der Waals surface area contributed by atoms with Crippen LogP contribution in [-0.2, 0) is 0 Å². The summed E-state index contributed by atoms with van der Waals surface area (Å²) in [5.74, 6) is 3.39. The summed E-state index contributed by atoms with van der Waals surface area (Å²) >= 11 is 7.94. The monoisotopic (exact) mass is 162 g/mol. The topological polar surface area (TPSA) is 0 Å². The standard InChI is InChI=1S/C7H11ClS/c8-7-4-6-3-5(6)1-2-9-7/h5-7H,1-4H2. The number of fused-ring (bicyclic) bond motifs is 1. The molecule has 3 atom stereocenters. The minimum atomic E-state index is 0.433. The summed E-state index contributed by atoms with van der Waals surface area (Å²) in [6.45, 7) is 0. The van der Waals surface area contributed by atoms with E-state index in [-0.39, 0.29) is 0 Å². The largest absolute Gasteiger partial charge is 0.142 e. The second kappa shape index (κ2) is 2.35. The summed E-state index contributed by atoms with van der Waals surface area (Å²) in [5.41, 5.74) is 0. The number of halogens is 1. The van der Waals surface area contributed by atoms with Crippen LogP contribution in [0.3, 0.4) is 0 Å². The molecular formula is C7H11ClS. The highest BCUT2D eigenvalue weighted by atomic mass is 35.5. The molecule has 0 aromatic rings. The highest BCUT2D eigenvalue weighted by Crippen LogP contribution is 2.49. The Balaban J connectivity index is 1.92. The third kappa shape index (κ3) is 1.38. The second-order valence-corrected chi connectivity index (χ2v) is 5.16. The first-order valence-electron chi connectivity index (χ1n) is 3.62. The lowest BCUT2D eigenvalue weighted by Crippen LogP contribution is -1.91. The van der Waals surface area contributed by atoms with Crippen molar-refractivity contribution in [1.29, 1.82) is 0 Å². The fraction of sp³-hybridized carbons (Fsp3) is 1.00. The first kappa shape index (κ1) is 6.36. The molecule has 0 nitrogen and oxygen atoms in total. The van der Waals surface area contributed by atoms with Gasteiger partial charge in [-0.2, -0.15) is 0 Å². The Morgan fingerprint density at radius 2 is 2.11 bits per heavy atom. The van der Waals surface area contributed by atoms with E-state index >= 15 is 0 Å². The summed E-state index contributed by atoms with van der Waals surface area (Å²) in [6.07, 6.45) is 4.18. The molecule has 0 amide bonds. The van der Waals surface area contributed by atoms with Gasteiger partial charge in [0, 0.05) is 0 Å². The van der Waals surface area contributed by atoms with Crippen molar-refractivity contribution in [2.75, 3.05) is 5.75 Å². The molecule has 1 aliphatic carbocycles. The summed E-state index contributed by atoms with van der Waals surface area (Å²) in [6, 6.07) is 0. The Hall–Kier alpha value is 0.640. The zero-order chi connectivity index (χ0) is 6.27. The fourth-order valence-corrected chi connectivity index (χ4v) is 3.18. The molecule has 0 spiro atoms. The van der Waals surface area contributed by atoms with Crippen LogP contribution in [0.4, 0.5) is 0 Å². The molecule has 1 heterocycles. The van der Waals surface area contributed by atoms with Gasteiger partial charge in [-0.25, -0.2) is 0 Å². The molecule has 0 bridgehead atoms. The van der Waals surface area contributed by atoms with Crippen molar-refractivity contribution in [3.63, 3.8) is 0 Å². The maximum absolute atomic E-state index is 6.01. The lowest BCUT2D eigenvalue weighted by atomic mass is 10.2. The predicted molar refractivity (Wildman–Crippen MR) is 42.9 cm³/mol. The van der Waals surface area contributed by atoms with E-state index in [1.165, 1.54) is 25.0 Å². The quantitative estimate of drug-likeness (QED) is 0.494. The molecule has 1 saturated heterocycles. The Labute approximate surface area is 65.3 Å². The number of hydrogen-bond donors (Lipinski definition) is 0. The zero-order valence-corrected chi connectivity index (χ0v) is 6.92. The molecule has 2 heteroatoms. The maximum Gasteiger partial charge on any atom is 0.0791 e. The third-order valence-electron chi connectivity index (χ3n) is 2.34.